The Balaban J connectivity index is 1.59. The summed E-state index contributed by atoms with van der Waals surface area (Å²) < 4.78 is 5.26. The first-order valence-electron chi connectivity index (χ1n) is 7.45. The van der Waals surface area contributed by atoms with Crippen molar-refractivity contribution in [1.29, 1.82) is 0 Å². The molecule has 1 amide bonds. The predicted octanol–water partition coefficient (Wildman–Crippen LogP) is 3.24. The van der Waals surface area contributed by atoms with Crippen LogP contribution in [0.1, 0.15) is 12.8 Å². The van der Waals surface area contributed by atoms with Crippen LogP contribution in [0, 0.1) is 5.92 Å². The molecule has 1 aliphatic heterocycles. The highest BCUT2D eigenvalue weighted by Gasteiger charge is 2.21. The molecule has 6 nitrogen and oxygen atoms in total. The van der Waals surface area contributed by atoms with Gasteiger partial charge in [0, 0.05) is 29.8 Å². The molecule has 1 aromatic heterocycles. The summed E-state index contributed by atoms with van der Waals surface area (Å²) in [4.78, 5) is 12.1. The highest BCUT2D eigenvalue weighted by molar-refractivity contribution is 6.30. The van der Waals surface area contributed by atoms with E-state index in [4.69, 9.17) is 16.3 Å². The zero-order valence-electron chi connectivity index (χ0n) is 12.5. The molecule has 1 fully saturated rings. The van der Waals surface area contributed by atoms with Crippen LogP contribution in [0.25, 0.3) is 0 Å². The number of benzene rings is 1. The van der Waals surface area contributed by atoms with E-state index in [0.717, 1.165) is 18.5 Å². The zero-order valence-corrected chi connectivity index (χ0v) is 13.2. The molecule has 1 aliphatic rings. The second-order valence-electron chi connectivity index (χ2n) is 5.32. The minimum absolute atomic E-state index is 0.0187. The molecule has 0 bridgehead atoms. The molecule has 120 valence electrons. The highest BCUT2D eigenvalue weighted by Crippen LogP contribution is 2.20. The molecule has 0 spiro atoms. The number of ether oxygens (including phenoxy) is 1. The number of carbonyl (C=O) groups excluding carboxylic acids is 1. The molecule has 0 radical (unpaired) electrons. The topological polar surface area (TPSA) is 76.1 Å². The van der Waals surface area contributed by atoms with Crippen LogP contribution in [0.2, 0.25) is 5.02 Å². The molecule has 3 rings (SSSR count). The molecule has 0 aliphatic carbocycles. The van der Waals surface area contributed by atoms with Crippen LogP contribution in [-0.4, -0.2) is 29.3 Å². The van der Waals surface area contributed by atoms with Gasteiger partial charge in [0.05, 0.1) is 0 Å². The summed E-state index contributed by atoms with van der Waals surface area (Å²) in [6.45, 7) is 1.26. The van der Waals surface area contributed by atoms with Gasteiger partial charge in [-0.2, -0.15) is 0 Å². The van der Waals surface area contributed by atoms with Crippen molar-refractivity contribution in [3.05, 3.63) is 41.4 Å². The van der Waals surface area contributed by atoms with Gasteiger partial charge in [-0.25, -0.2) is 0 Å². The summed E-state index contributed by atoms with van der Waals surface area (Å²) in [6.07, 6.45) is 1.49. The van der Waals surface area contributed by atoms with Crippen molar-refractivity contribution in [3.63, 3.8) is 0 Å². The second-order valence-corrected chi connectivity index (χ2v) is 5.75. The van der Waals surface area contributed by atoms with Crippen molar-refractivity contribution in [2.75, 3.05) is 23.8 Å². The second kappa shape index (κ2) is 7.39. The number of aromatic nitrogens is 2. The van der Waals surface area contributed by atoms with Crippen LogP contribution < -0.4 is 10.6 Å². The standard InChI is InChI=1S/C16H17ClN4O2/c17-12-2-1-3-13(10-12)18-14-4-5-15(21-20-14)19-16(22)11-6-8-23-9-7-11/h1-5,10-11H,6-9H2,(H,18,20)(H,19,21,22). The first-order valence-corrected chi connectivity index (χ1v) is 7.83. The van der Waals surface area contributed by atoms with Crippen molar-refractivity contribution in [1.82, 2.24) is 10.2 Å². The van der Waals surface area contributed by atoms with Gasteiger partial charge in [0.25, 0.3) is 0 Å². The summed E-state index contributed by atoms with van der Waals surface area (Å²) in [5, 5.41) is 14.6. The van der Waals surface area contributed by atoms with Crippen molar-refractivity contribution < 1.29 is 9.53 Å². The van der Waals surface area contributed by atoms with E-state index in [-0.39, 0.29) is 11.8 Å². The number of amides is 1. The lowest BCUT2D eigenvalue weighted by atomic mass is 9.99. The summed E-state index contributed by atoms with van der Waals surface area (Å²) in [7, 11) is 0. The van der Waals surface area contributed by atoms with Gasteiger partial charge < -0.3 is 15.4 Å². The largest absolute Gasteiger partial charge is 0.381 e. The SMILES string of the molecule is O=C(Nc1ccc(Nc2cccc(Cl)c2)nn1)C1CCOCC1. The monoisotopic (exact) mass is 332 g/mol. The number of rotatable bonds is 4. The first-order chi connectivity index (χ1) is 11.2. The Kier molecular flexibility index (Phi) is 5.05. The zero-order chi connectivity index (χ0) is 16.1. The molecule has 7 heteroatoms. The molecule has 23 heavy (non-hydrogen) atoms. The number of nitrogens with zero attached hydrogens (tertiary/aromatic N) is 2. The Morgan fingerprint density at radius 2 is 1.87 bits per heavy atom. The van der Waals surface area contributed by atoms with Crippen molar-refractivity contribution in [2.45, 2.75) is 12.8 Å². The van der Waals surface area contributed by atoms with Crippen LogP contribution >= 0.6 is 11.6 Å². The molecule has 0 unspecified atom stereocenters. The third kappa shape index (κ3) is 4.40. The van der Waals surface area contributed by atoms with Gasteiger partial charge in [-0.3, -0.25) is 4.79 Å². The molecular weight excluding hydrogens is 316 g/mol. The Labute approximate surface area is 139 Å². The van der Waals surface area contributed by atoms with Crippen molar-refractivity contribution in [2.24, 2.45) is 5.92 Å². The lowest BCUT2D eigenvalue weighted by Crippen LogP contribution is -2.28. The van der Waals surface area contributed by atoms with E-state index in [1.165, 1.54) is 0 Å². The Hall–Kier alpha value is -2.18. The van der Waals surface area contributed by atoms with E-state index in [9.17, 15) is 4.79 Å². The number of anilines is 3. The summed E-state index contributed by atoms with van der Waals surface area (Å²) in [6, 6.07) is 10.8. The van der Waals surface area contributed by atoms with Crippen LogP contribution in [0.3, 0.4) is 0 Å². The third-order valence-corrected chi connectivity index (χ3v) is 3.84. The average Bonchev–Trinajstić information content (AvgIpc) is 2.57. The Morgan fingerprint density at radius 1 is 1.13 bits per heavy atom. The van der Waals surface area contributed by atoms with Gasteiger partial charge in [0.2, 0.25) is 5.91 Å². The Morgan fingerprint density at radius 3 is 2.57 bits per heavy atom. The predicted molar refractivity (Wildman–Crippen MR) is 88.9 cm³/mol. The van der Waals surface area contributed by atoms with E-state index in [0.29, 0.717) is 29.9 Å². The smallest absolute Gasteiger partial charge is 0.228 e. The van der Waals surface area contributed by atoms with Crippen LogP contribution in [0.5, 0.6) is 0 Å². The van der Waals surface area contributed by atoms with Gasteiger partial charge in [0.1, 0.15) is 0 Å². The fourth-order valence-corrected chi connectivity index (χ4v) is 2.56. The van der Waals surface area contributed by atoms with Gasteiger partial charge in [-0.15, -0.1) is 10.2 Å². The fraction of sp³-hybridized carbons (Fsp3) is 0.312. The quantitative estimate of drug-likeness (QED) is 0.899. The maximum absolute atomic E-state index is 12.1. The minimum atomic E-state index is -0.0295. The first kappa shape index (κ1) is 15.7. The maximum atomic E-state index is 12.1. The normalized spacial score (nSPS) is 15.2. The van der Waals surface area contributed by atoms with Crippen molar-refractivity contribution >= 4 is 34.8 Å². The Bertz CT molecular complexity index is 672. The van der Waals surface area contributed by atoms with Crippen LogP contribution in [0.15, 0.2) is 36.4 Å². The molecular formula is C16H17ClN4O2. The molecule has 2 N–H and O–H groups in total. The van der Waals surface area contributed by atoms with Gasteiger partial charge >= 0.3 is 0 Å². The fourth-order valence-electron chi connectivity index (χ4n) is 2.37. The maximum Gasteiger partial charge on any atom is 0.228 e. The van der Waals surface area contributed by atoms with Crippen LogP contribution in [-0.2, 0) is 9.53 Å². The van der Waals surface area contributed by atoms with Gasteiger partial charge in [-0.05, 0) is 43.2 Å². The summed E-state index contributed by atoms with van der Waals surface area (Å²) >= 11 is 5.93. The molecule has 0 saturated carbocycles. The number of nitrogens with one attached hydrogen (secondary N) is 2. The number of hydrogen-bond acceptors (Lipinski definition) is 5. The van der Waals surface area contributed by atoms with E-state index < -0.39 is 0 Å². The number of halogens is 1. The average molecular weight is 333 g/mol. The molecule has 1 aromatic carbocycles. The minimum Gasteiger partial charge on any atom is -0.381 e. The van der Waals surface area contributed by atoms with E-state index in [2.05, 4.69) is 20.8 Å². The molecule has 2 heterocycles. The van der Waals surface area contributed by atoms with E-state index in [1.54, 1.807) is 24.3 Å². The van der Waals surface area contributed by atoms with Crippen molar-refractivity contribution in [3.8, 4) is 0 Å². The van der Waals surface area contributed by atoms with Crippen LogP contribution in [0.4, 0.5) is 17.3 Å². The lowest BCUT2D eigenvalue weighted by molar-refractivity contribution is -0.122. The van der Waals surface area contributed by atoms with Gasteiger partial charge in [0.15, 0.2) is 11.6 Å². The third-order valence-electron chi connectivity index (χ3n) is 3.60. The summed E-state index contributed by atoms with van der Waals surface area (Å²) in [5.41, 5.74) is 0.825. The number of hydrogen-bond donors (Lipinski definition) is 2. The number of carbonyl (C=O) groups is 1. The van der Waals surface area contributed by atoms with E-state index in [1.807, 2.05) is 12.1 Å². The molecule has 1 saturated heterocycles. The summed E-state index contributed by atoms with van der Waals surface area (Å²) in [5.74, 6) is 0.974. The highest BCUT2D eigenvalue weighted by atomic mass is 35.5. The molecule has 2 aromatic rings. The van der Waals surface area contributed by atoms with Gasteiger partial charge in [-0.1, -0.05) is 17.7 Å². The van der Waals surface area contributed by atoms with E-state index >= 15 is 0 Å². The lowest BCUT2D eigenvalue weighted by Gasteiger charge is -2.20. The molecule has 0 atom stereocenters.